The number of esters is 1. The van der Waals surface area contributed by atoms with E-state index in [1.165, 1.54) is 7.11 Å². The maximum atomic E-state index is 11.1. The third-order valence-corrected chi connectivity index (χ3v) is 5.55. The maximum Gasteiger partial charge on any atom is 0.308 e. The fourth-order valence-electron chi connectivity index (χ4n) is 1.44. The van der Waals surface area contributed by atoms with E-state index in [2.05, 4.69) is 17.2 Å². The minimum atomic E-state index is -0.0475. The first-order valence-corrected chi connectivity index (χ1v) is 6.30. The van der Waals surface area contributed by atoms with E-state index >= 15 is 0 Å². The molecule has 0 saturated heterocycles. The van der Waals surface area contributed by atoms with Crippen molar-refractivity contribution in [1.29, 1.82) is 0 Å². The topological polar surface area (TPSA) is 26.3 Å². The van der Waals surface area contributed by atoms with Crippen LogP contribution in [0.4, 0.5) is 0 Å². The molecule has 1 fully saturated rings. The zero-order valence-corrected chi connectivity index (χ0v) is 9.26. The number of carbonyl (C=O) groups excluding carboxylic acids is 1. The number of hydrogen-bond acceptors (Lipinski definition) is 4. The molecule has 2 nitrogen and oxygen atoms in total. The maximum absolute atomic E-state index is 11.1. The van der Waals surface area contributed by atoms with Gasteiger partial charge in [0.1, 0.15) is 0 Å². The Morgan fingerprint density at radius 3 is 2.25 bits per heavy atom. The number of hydrogen-bond donors (Lipinski definition) is 0. The van der Waals surface area contributed by atoms with E-state index in [0.717, 1.165) is 12.8 Å². The third kappa shape index (κ3) is 1.74. The van der Waals surface area contributed by atoms with Gasteiger partial charge in [0.2, 0.25) is 0 Å². The van der Waals surface area contributed by atoms with Crippen LogP contribution in [0.5, 0.6) is 0 Å². The SMILES string of the molecule is COC(=O)C1CC(SC)(SC)C1. The van der Waals surface area contributed by atoms with Crippen molar-refractivity contribution in [3.8, 4) is 0 Å². The summed E-state index contributed by atoms with van der Waals surface area (Å²) in [5.74, 6) is 0.101. The number of carbonyl (C=O) groups is 1. The fraction of sp³-hybridized carbons (Fsp3) is 0.875. The van der Waals surface area contributed by atoms with Gasteiger partial charge in [-0.25, -0.2) is 0 Å². The van der Waals surface area contributed by atoms with Gasteiger partial charge in [0.05, 0.1) is 17.1 Å². The van der Waals surface area contributed by atoms with Crippen molar-refractivity contribution in [2.24, 2.45) is 5.92 Å². The van der Waals surface area contributed by atoms with E-state index < -0.39 is 0 Å². The summed E-state index contributed by atoms with van der Waals surface area (Å²) >= 11 is 3.69. The molecule has 70 valence electrons. The molecule has 1 aliphatic rings. The Kier molecular flexibility index (Phi) is 3.35. The molecule has 1 aliphatic carbocycles. The second kappa shape index (κ2) is 3.92. The predicted octanol–water partition coefficient (Wildman–Crippen LogP) is 1.99. The van der Waals surface area contributed by atoms with Gasteiger partial charge in [0, 0.05) is 0 Å². The van der Waals surface area contributed by atoms with Crippen LogP contribution in [-0.2, 0) is 9.53 Å². The summed E-state index contributed by atoms with van der Waals surface area (Å²) in [6, 6.07) is 0. The van der Waals surface area contributed by atoms with Crippen LogP contribution in [0, 0.1) is 5.92 Å². The average molecular weight is 206 g/mol. The van der Waals surface area contributed by atoms with Crippen LogP contribution in [0.2, 0.25) is 0 Å². The van der Waals surface area contributed by atoms with Gasteiger partial charge in [-0.2, -0.15) is 0 Å². The summed E-state index contributed by atoms with van der Waals surface area (Å²) in [5, 5.41) is 0. The van der Waals surface area contributed by atoms with Crippen molar-refractivity contribution in [3.05, 3.63) is 0 Å². The van der Waals surface area contributed by atoms with Crippen LogP contribution >= 0.6 is 23.5 Å². The summed E-state index contributed by atoms with van der Waals surface area (Å²) < 4.78 is 4.97. The summed E-state index contributed by atoms with van der Waals surface area (Å²) in [5.41, 5.74) is 0. The summed E-state index contributed by atoms with van der Waals surface area (Å²) in [6.07, 6.45) is 6.12. The third-order valence-electron chi connectivity index (χ3n) is 2.39. The molecule has 1 saturated carbocycles. The first-order chi connectivity index (χ1) is 5.67. The monoisotopic (exact) mass is 206 g/mol. The van der Waals surface area contributed by atoms with Crippen molar-refractivity contribution in [2.45, 2.75) is 16.9 Å². The fourth-order valence-corrected chi connectivity index (χ4v) is 3.58. The average Bonchev–Trinajstić information content (AvgIpc) is 2.04. The Morgan fingerprint density at radius 2 is 1.92 bits per heavy atom. The van der Waals surface area contributed by atoms with Crippen LogP contribution in [-0.4, -0.2) is 29.7 Å². The second-order valence-corrected chi connectivity index (χ2v) is 5.59. The molecule has 0 aromatic carbocycles. The number of rotatable bonds is 3. The standard InChI is InChI=1S/C8H14O2S2/c1-10-7(9)6-4-8(5-6,11-2)12-3/h6H,4-5H2,1-3H3. The lowest BCUT2D eigenvalue weighted by Gasteiger charge is -2.43. The number of ether oxygens (including phenoxy) is 1. The first-order valence-electron chi connectivity index (χ1n) is 3.85. The molecule has 0 aromatic rings. The van der Waals surface area contributed by atoms with E-state index in [1.54, 1.807) is 0 Å². The van der Waals surface area contributed by atoms with E-state index in [0.29, 0.717) is 4.08 Å². The van der Waals surface area contributed by atoms with Crippen molar-refractivity contribution < 1.29 is 9.53 Å². The quantitative estimate of drug-likeness (QED) is 0.521. The molecule has 12 heavy (non-hydrogen) atoms. The highest BCUT2D eigenvalue weighted by molar-refractivity contribution is 8.17. The van der Waals surface area contributed by atoms with E-state index in [-0.39, 0.29) is 11.9 Å². The Labute approximate surface area is 81.8 Å². The predicted molar refractivity (Wildman–Crippen MR) is 54.5 cm³/mol. The molecule has 0 unspecified atom stereocenters. The molecule has 1 rings (SSSR count). The highest BCUT2D eigenvalue weighted by atomic mass is 32.2. The lowest BCUT2D eigenvalue weighted by molar-refractivity contribution is -0.148. The highest BCUT2D eigenvalue weighted by Gasteiger charge is 2.47. The van der Waals surface area contributed by atoms with Gasteiger partial charge in [-0.15, -0.1) is 23.5 Å². The van der Waals surface area contributed by atoms with E-state index in [9.17, 15) is 4.79 Å². The Balaban J connectivity index is 2.40. The summed E-state index contributed by atoms with van der Waals surface area (Å²) in [7, 11) is 1.46. The minimum absolute atomic E-state index is 0.0475. The first kappa shape index (κ1) is 10.3. The van der Waals surface area contributed by atoms with Crippen LogP contribution < -0.4 is 0 Å². The van der Waals surface area contributed by atoms with Crippen molar-refractivity contribution in [2.75, 3.05) is 19.6 Å². The van der Waals surface area contributed by atoms with Gasteiger partial charge < -0.3 is 4.74 Å². The number of thioether (sulfide) groups is 2. The van der Waals surface area contributed by atoms with Gasteiger partial charge in [-0.1, -0.05) is 0 Å². The summed E-state index contributed by atoms with van der Waals surface area (Å²) in [4.78, 5) is 11.1. The molecule has 0 radical (unpaired) electrons. The molecule has 0 aromatic heterocycles. The summed E-state index contributed by atoms with van der Waals surface area (Å²) in [6.45, 7) is 0. The Hall–Kier alpha value is 0.170. The normalized spacial score (nSPS) is 21.6. The smallest absolute Gasteiger partial charge is 0.308 e. The molecular weight excluding hydrogens is 192 g/mol. The van der Waals surface area contributed by atoms with Crippen LogP contribution in [0.15, 0.2) is 0 Å². The largest absolute Gasteiger partial charge is 0.469 e. The van der Waals surface area contributed by atoms with Crippen molar-refractivity contribution in [3.63, 3.8) is 0 Å². The van der Waals surface area contributed by atoms with Crippen LogP contribution in [0.25, 0.3) is 0 Å². The van der Waals surface area contributed by atoms with E-state index in [1.807, 2.05) is 23.5 Å². The lowest BCUT2D eigenvalue weighted by atomic mass is 9.84. The molecule has 4 heteroatoms. The molecule has 0 aliphatic heterocycles. The molecule has 0 atom stereocenters. The van der Waals surface area contributed by atoms with Gasteiger partial charge in [0.15, 0.2) is 0 Å². The van der Waals surface area contributed by atoms with Gasteiger partial charge in [0.25, 0.3) is 0 Å². The van der Waals surface area contributed by atoms with Gasteiger partial charge >= 0.3 is 5.97 Å². The zero-order chi connectivity index (χ0) is 9.19. The molecule has 0 heterocycles. The van der Waals surface area contributed by atoms with Crippen molar-refractivity contribution in [1.82, 2.24) is 0 Å². The minimum Gasteiger partial charge on any atom is -0.469 e. The molecule has 0 spiro atoms. The Bertz CT molecular complexity index is 170. The highest BCUT2D eigenvalue weighted by Crippen LogP contribution is 2.53. The number of methoxy groups -OCH3 is 1. The second-order valence-electron chi connectivity index (χ2n) is 2.95. The Morgan fingerprint density at radius 1 is 1.42 bits per heavy atom. The van der Waals surface area contributed by atoms with Gasteiger partial charge in [-0.05, 0) is 25.4 Å². The molecular formula is C8H14O2S2. The van der Waals surface area contributed by atoms with E-state index in [4.69, 9.17) is 0 Å². The van der Waals surface area contributed by atoms with Crippen LogP contribution in [0.3, 0.4) is 0 Å². The zero-order valence-electron chi connectivity index (χ0n) is 7.62. The molecule has 0 bridgehead atoms. The molecule has 0 amide bonds. The van der Waals surface area contributed by atoms with Gasteiger partial charge in [-0.3, -0.25) is 4.79 Å². The lowest BCUT2D eigenvalue weighted by Crippen LogP contribution is -2.42. The molecule has 0 N–H and O–H groups in total. The van der Waals surface area contributed by atoms with Crippen LogP contribution in [0.1, 0.15) is 12.8 Å². The van der Waals surface area contributed by atoms with Crippen molar-refractivity contribution >= 4 is 29.5 Å².